The van der Waals surface area contributed by atoms with E-state index in [9.17, 15) is 9.59 Å². The van der Waals surface area contributed by atoms with Crippen LogP contribution in [0.1, 0.15) is 40.7 Å². The zero-order valence-electron chi connectivity index (χ0n) is 14.9. The van der Waals surface area contributed by atoms with E-state index in [2.05, 4.69) is 15.3 Å². The van der Waals surface area contributed by atoms with Gasteiger partial charge in [-0.1, -0.05) is 18.2 Å². The van der Waals surface area contributed by atoms with Crippen LogP contribution in [0.4, 0.5) is 0 Å². The average molecular weight is 354 g/mol. The zero-order valence-corrected chi connectivity index (χ0v) is 14.9. The van der Waals surface area contributed by atoms with Gasteiger partial charge in [0.1, 0.15) is 0 Å². The number of nitrogens with zero attached hydrogens (tertiary/aromatic N) is 4. The Balaban J connectivity index is 1.74. The first-order chi connectivity index (χ1) is 12.4. The summed E-state index contributed by atoms with van der Waals surface area (Å²) in [5.41, 5.74) is 2.08. The van der Waals surface area contributed by atoms with Crippen molar-refractivity contribution in [1.82, 2.24) is 20.0 Å². The highest BCUT2D eigenvalue weighted by Gasteiger charge is 2.28. The number of esters is 1. The highest BCUT2D eigenvalue weighted by atomic mass is 16.6. The van der Waals surface area contributed by atoms with E-state index in [-0.39, 0.29) is 11.5 Å². The summed E-state index contributed by atoms with van der Waals surface area (Å²) in [5.74, 6) is -1.31. The molecule has 0 aliphatic heterocycles. The van der Waals surface area contributed by atoms with Crippen LogP contribution in [0, 0.1) is 13.8 Å². The molecule has 134 valence electrons. The Hall–Kier alpha value is -3.29. The van der Waals surface area contributed by atoms with Crippen LogP contribution >= 0.6 is 0 Å². The molecule has 0 N–H and O–H groups in total. The molecule has 8 nitrogen and oxygen atoms in total. The fourth-order valence-electron chi connectivity index (χ4n) is 2.57. The van der Waals surface area contributed by atoms with E-state index in [4.69, 9.17) is 9.15 Å². The van der Waals surface area contributed by atoms with E-state index in [1.807, 2.05) is 30.3 Å². The minimum atomic E-state index is -0.990. The second-order valence-corrected chi connectivity index (χ2v) is 5.86. The summed E-state index contributed by atoms with van der Waals surface area (Å²) < 4.78 is 12.3. The van der Waals surface area contributed by atoms with E-state index in [1.165, 1.54) is 0 Å². The molecule has 0 aliphatic carbocycles. The van der Waals surface area contributed by atoms with E-state index in [0.717, 1.165) is 5.56 Å². The predicted molar refractivity (Wildman–Crippen MR) is 91.3 cm³/mol. The Morgan fingerprint density at radius 1 is 1.15 bits per heavy atom. The Morgan fingerprint density at radius 3 is 2.46 bits per heavy atom. The molecule has 1 aromatic carbocycles. The fraction of sp³-hybridized carbons (Fsp3) is 0.278. The van der Waals surface area contributed by atoms with Gasteiger partial charge < -0.3 is 9.15 Å². The number of rotatable bonds is 5. The van der Waals surface area contributed by atoms with Gasteiger partial charge in [0, 0.05) is 18.3 Å². The Labute approximate surface area is 149 Å². The van der Waals surface area contributed by atoms with Crippen molar-refractivity contribution in [2.45, 2.75) is 26.9 Å². The zero-order chi connectivity index (χ0) is 18.8. The maximum absolute atomic E-state index is 12.4. The number of carbonyl (C=O) groups is 2. The predicted octanol–water partition coefficient (Wildman–Crippen LogP) is 2.57. The van der Waals surface area contributed by atoms with Crippen molar-refractivity contribution >= 4 is 11.8 Å². The van der Waals surface area contributed by atoms with Gasteiger partial charge in [0.25, 0.3) is 11.7 Å². The molecule has 0 amide bonds. The Morgan fingerprint density at radius 2 is 1.85 bits per heavy atom. The molecule has 2 heterocycles. The number of ether oxygens (including phenoxy) is 1. The maximum atomic E-state index is 12.4. The summed E-state index contributed by atoms with van der Waals surface area (Å²) in [7, 11) is 1.70. The molecule has 0 bridgehead atoms. The molecule has 1 unspecified atom stereocenters. The lowest BCUT2D eigenvalue weighted by Gasteiger charge is -2.08. The minimum absolute atomic E-state index is 0.115. The van der Waals surface area contributed by atoms with Crippen LogP contribution in [0.5, 0.6) is 0 Å². The maximum Gasteiger partial charge on any atom is 0.380 e. The van der Waals surface area contributed by atoms with Gasteiger partial charge in [-0.05, 0) is 32.9 Å². The Kier molecular flexibility index (Phi) is 4.66. The lowest BCUT2D eigenvalue weighted by atomic mass is 10.1. The number of hydrogen-bond acceptors (Lipinski definition) is 7. The number of aromatic nitrogens is 4. The van der Waals surface area contributed by atoms with Crippen molar-refractivity contribution in [3.05, 3.63) is 53.2 Å². The number of hydrogen-bond donors (Lipinski definition) is 0. The lowest BCUT2D eigenvalue weighted by Crippen LogP contribution is -2.21. The van der Waals surface area contributed by atoms with E-state index >= 15 is 0 Å². The number of Topliss-reactive ketones (excluding diaryl/α,β-unsaturated/α-hetero) is 1. The summed E-state index contributed by atoms with van der Waals surface area (Å²) >= 11 is 0. The van der Waals surface area contributed by atoms with Crippen LogP contribution in [-0.2, 0) is 16.6 Å². The fourth-order valence-corrected chi connectivity index (χ4v) is 2.57. The van der Waals surface area contributed by atoms with Gasteiger partial charge >= 0.3 is 5.97 Å². The normalized spacial score (nSPS) is 12.0. The third-order valence-electron chi connectivity index (χ3n) is 4.01. The third-order valence-corrected chi connectivity index (χ3v) is 4.01. The summed E-state index contributed by atoms with van der Waals surface area (Å²) in [6, 6.07) is 9.22. The largest absolute Gasteiger partial charge is 0.447 e. The number of ketones is 1. The van der Waals surface area contributed by atoms with E-state index in [0.29, 0.717) is 17.3 Å². The average Bonchev–Trinajstić information content (AvgIpc) is 3.21. The molecule has 3 rings (SSSR count). The number of aryl methyl sites for hydroxylation is 2. The molecule has 0 spiro atoms. The van der Waals surface area contributed by atoms with Crippen molar-refractivity contribution in [1.29, 1.82) is 0 Å². The SMILES string of the molecule is Cc1nn(C)c(C)c1C(=O)C(=O)OC(C)c1nnc(-c2ccccc2)o1. The molecular formula is C18H18N4O4. The van der Waals surface area contributed by atoms with Gasteiger partial charge in [-0.2, -0.15) is 5.10 Å². The smallest absolute Gasteiger partial charge is 0.380 e. The number of carbonyl (C=O) groups excluding carboxylic acids is 2. The standard InChI is InChI=1S/C18H18N4O4/c1-10-14(11(2)22(4)21-10)15(23)18(24)25-12(3)16-19-20-17(26-16)13-8-6-5-7-9-13/h5-9,12H,1-4H3. The second-order valence-electron chi connectivity index (χ2n) is 5.86. The summed E-state index contributed by atoms with van der Waals surface area (Å²) in [5, 5.41) is 12.0. The van der Waals surface area contributed by atoms with Gasteiger partial charge in [-0.3, -0.25) is 9.48 Å². The van der Waals surface area contributed by atoms with Gasteiger partial charge in [0.05, 0.1) is 11.3 Å². The lowest BCUT2D eigenvalue weighted by molar-refractivity contribution is -0.143. The minimum Gasteiger partial charge on any atom is -0.447 e. The molecule has 1 atom stereocenters. The van der Waals surface area contributed by atoms with Gasteiger partial charge in [0.15, 0.2) is 6.10 Å². The topological polar surface area (TPSA) is 100 Å². The molecule has 8 heteroatoms. The molecule has 0 saturated carbocycles. The van der Waals surface area contributed by atoms with Gasteiger partial charge in [-0.25, -0.2) is 4.79 Å². The van der Waals surface area contributed by atoms with Crippen LogP contribution < -0.4 is 0 Å². The van der Waals surface area contributed by atoms with Gasteiger partial charge in [-0.15, -0.1) is 10.2 Å². The summed E-state index contributed by atoms with van der Waals surface area (Å²) in [6.07, 6.45) is -0.853. The van der Waals surface area contributed by atoms with Crippen LogP contribution in [0.2, 0.25) is 0 Å². The Bertz CT molecular complexity index is 959. The first kappa shape index (κ1) is 17.5. The van der Waals surface area contributed by atoms with Crippen LogP contribution in [-0.4, -0.2) is 31.7 Å². The molecule has 3 aromatic rings. The van der Waals surface area contributed by atoms with Crippen LogP contribution in [0.15, 0.2) is 34.7 Å². The van der Waals surface area contributed by atoms with Crippen LogP contribution in [0.25, 0.3) is 11.5 Å². The van der Waals surface area contributed by atoms with Crippen molar-refractivity contribution in [2.24, 2.45) is 7.05 Å². The molecule has 0 fully saturated rings. The molecule has 0 radical (unpaired) electrons. The van der Waals surface area contributed by atoms with Crippen molar-refractivity contribution in [3.63, 3.8) is 0 Å². The molecule has 0 aliphatic rings. The molecular weight excluding hydrogens is 336 g/mol. The third kappa shape index (κ3) is 3.26. The first-order valence-electron chi connectivity index (χ1n) is 8.02. The summed E-state index contributed by atoms with van der Waals surface area (Å²) in [6.45, 7) is 4.95. The number of benzene rings is 1. The van der Waals surface area contributed by atoms with E-state index < -0.39 is 17.9 Å². The van der Waals surface area contributed by atoms with Crippen molar-refractivity contribution in [3.8, 4) is 11.5 Å². The van der Waals surface area contributed by atoms with Crippen molar-refractivity contribution < 1.29 is 18.7 Å². The molecule has 2 aromatic heterocycles. The highest BCUT2D eigenvalue weighted by molar-refractivity contribution is 6.41. The van der Waals surface area contributed by atoms with Crippen LogP contribution in [0.3, 0.4) is 0 Å². The second kappa shape index (κ2) is 6.91. The molecule has 26 heavy (non-hydrogen) atoms. The van der Waals surface area contributed by atoms with Gasteiger partial charge in [0.2, 0.25) is 5.89 Å². The monoisotopic (exact) mass is 354 g/mol. The highest BCUT2D eigenvalue weighted by Crippen LogP contribution is 2.23. The van der Waals surface area contributed by atoms with Crippen molar-refractivity contribution in [2.75, 3.05) is 0 Å². The molecule has 0 saturated heterocycles. The first-order valence-corrected chi connectivity index (χ1v) is 8.02. The van der Waals surface area contributed by atoms with E-state index in [1.54, 1.807) is 32.5 Å². The summed E-state index contributed by atoms with van der Waals surface area (Å²) in [4.78, 5) is 24.6. The quantitative estimate of drug-likeness (QED) is 0.394.